The zero-order chi connectivity index (χ0) is 13.1. The Morgan fingerprint density at radius 2 is 1.72 bits per heavy atom. The molecule has 5 heteroatoms. The van der Waals surface area contributed by atoms with Gasteiger partial charge in [-0.3, -0.25) is 9.80 Å². The molecule has 2 aliphatic heterocycles. The van der Waals surface area contributed by atoms with E-state index in [1.165, 1.54) is 0 Å². The number of morpholine rings is 1. The van der Waals surface area contributed by atoms with Crippen LogP contribution in [-0.2, 0) is 4.74 Å². The molecule has 2 heterocycles. The highest BCUT2D eigenvalue weighted by Crippen LogP contribution is 2.13. The summed E-state index contributed by atoms with van der Waals surface area (Å²) >= 11 is 0. The maximum Gasteiger partial charge on any atom is 0.0793 e. The first-order chi connectivity index (χ1) is 8.52. The van der Waals surface area contributed by atoms with Gasteiger partial charge in [-0.05, 0) is 20.3 Å². The van der Waals surface area contributed by atoms with Crippen molar-refractivity contribution in [3.63, 3.8) is 0 Å². The zero-order valence-corrected chi connectivity index (χ0v) is 11.5. The van der Waals surface area contributed by atoms with Gasteiger partial charge in [0.2, 0.25) is 0 Å². The Morgan fingerprint density at radius 1 is 1.11 bits per heavy atom. The summed E-state index contributed by atoms with van der Waals surface area (Å²) in [6, 6.07) is 0. The minimum Gasteiger partial charge on any atom is -0.392 e. The third kappa shape index (κ3) is 4.17. The fourth-order valence-electron chi connectivity index (χ4n) is 3.07. The van der Waals surface area contributed by atoms with E-state index in [1.54, 1.807) is 0 Å². The molecule has 0 aromatic carbocycles. The number of hydrogen-bond acceptors (Lipinski definition) is 5. The lowest BCUT2D eigenvalue weighted by molar-refractivity contribution is -0.0777. The van der Waals surface area contributed by atoms with E-state index in [2.05, 4.69) is 23.6 Å². The minimum absolute atomic E-state index is 0.208. The molecule has 0 saturated carbocycles. The molecule has 0 aromatic heterocycles. The molecule has 2 fully saturated rings. The maximum atomic E-state index is 10.1. The third-order valence-electron chi connectivity index (χ3n) is 3.68. The number of rotatable bonds is 4. The van der Waals surface area contributed by atoms with Crippen molar-refractivity contribution in [1.82, 2.24) is 9.80 Å². The Hall–Kier alpha value is -0.200. The molecular weight excluding hydrogens is 232 g/mol. The summed E-state index contributed by atoms with van der Waals surface area (Å²) in [4.78, 5) is 4.42. The molecule has 4 atom stereocenters. The molecule has 5 nitrogen and oxygen atoms in total. The van der Waals surface area contributed by atoms with Crippen molar-refractivity contribution in [1.29, 1.82) is 0 Å². The second kappa shape index (κ2) is 6.30. The van der Waals surface area contributed by atoms with Crippen molar-refractivity contribution in [3.8, 4) is 0 Å². The number of nitrogens with zero attached hydrogens (tertiary/aromatic N) is 2. The fraction of sp³-hybridized carbons (Fsp3) is 1.00. The van der Waals surface area contributed by atoms with Gasteiger partial charge in [0.15, 0.2) is 0 Å². The van der Waals surface area contributed by atoms with Crippen molar-refractivity contribution in [2.24, 2.45) is 0 Å². The number of aliphatic hydroxyl groups excluding tert-OH is 2. The topological polar surface area (TPSA) is 56.2 Å². The van der Waals surface area contributed by atoms with Crippen LogP contribution in [0.5, 0.6) is 0 Å². The summed E-state index contributed by atoms with van der Waals surface area (Å²) < 4.78 is 5.68. The van der Waals surface area contributed by atoms with Gasteiger partial charge in [0.25, 0.3) is 0 Å². The second-order valence-electron chi connectivity index (χ2n) is 5.83. The van der Waals surface area contributed by atoms with E-state index in [4.69, 9.17) is 4.74 Å². The molecule has 0 spiro atoms. The van der Waals surface area contributed by atoms with E-state index in [1.807, 2.05) is 0 Å². The van der Waals surface area contributed by atoms with Crippen LogP contribution in [0.2, 0.25) is 0 Å². The molecule has 2 saturated heterocycles. The molecule has 0 aromatic rings. The van der Waals surface area contributed by atoms with Gasteiger partial charge in [0.05, 0.1) is 24.4 Å². The summed E-state index contributed by atoms with van der Waals surface area (Å²) in [6.07, 6.45) is 0.774. The Kier molecular flexibility index (Phi) is 4.98. The van der Waals surface area contributed by atoms with Crippen LogP contribution in [0.25, 0.3) is 0 Å². The van der Waals surface area contributed by atoms with Crippen molar-refractivity contribution in [2.75, 3.05) is 39.3 Å². The van der Waals surface area contributed by atoms with Gasteiger partial charge >= 0.3 is 0 Å². The van der Waals surface area contributed by atoms with Crippen LogP contribution in [-0.4, -0.2) is 83.7 Å². The average molecular weight is 258 g/mol. The Bertz CT molecular complexity index is 255. The standard InChI is InChI=1S/C13H26N2O3/c1-10-5-15(6-11(2)18-10)9-13(17)8-14-4-3-12(16)7-14/h10-13,16-17H,3-9H2,1-2H3. The molecule has 0 aliphatic carbocycles. The minimum atomic E-state index is -0.340. The smallest absolute Gasteiger partial charge is 0.0793 e. The highest BCUT2D eigenvalue weighted by molar-refractivity contribution is 4.80. The van der Waals surface area contributed by atoms with Crippen molar-refractivity contribution in [2.45, 2.75) is 44.7 Å². The highest BCUT2D eigenvalue weighted by atomic mass is 16.5. The molecule has 0 bridgehead atoms. The first-order valence-corrected chi connectivity index (χ1v) is 6.99. The molecule has 4 unspecified atom stereocenters. The molecule has 0 amide bonds. The van der Waals surface area contributed by atoms with E-state index in [0.717, 1.165) is 26.1 Å². The van der Waals surface area contributed by atoms with E-state index in [9.17, 15) is 10.2 Å². The molecule has 2 aliphatic rings. The van der Waals surface area contributed by atoms with Crippen LogP contribution in [0.15, 0.2) is 0 Å². The molecule has 2 N–H and O–H groups in total. The van der Waals surface area contributed by atoms with Crippen molar-refractivity contribution >= 4 is 0 Å². The molecule has 2 rings (SSSR count). The number of ether oxygens (including phenoxy) is 1. The van der Waals surface area contributed by atoms with Gasteiger partial charge in [0.1, 0.15) is 0 Å². The summed E-state index contributed by atoms with van der Waals surface area (Å²) in [7, 11) is 0. The summed E-state index contributed by atoms with van der Waals surface area (Å²) in [5, 5.41) is 19.6. The van der Waals surface area contributed by atoms with Gasteiger partial charge in [-0.2, -0.15) is 0 Å². The molecular formula is C13H26N2O3. The fourth-order valence-corrected chi connectivity index (χ4v) is 3.07. The zero-order valence-electron chi connectivity index (χ0n) is 11.5. The molecule has 18 heavy (non-hydrogen) atoms. The first kappa shape index (κ1) is 14.2. The monoisotopic (exact) mass is 258 g/mol. The lowest BCUT2D eigenvalue weighted by Gasteiger charge is -2.36. The van der Waals surface area contributed by atoms with Gasteiger partial charge in [-0.25, -0.2) is 0 Å². The van der Waals surface area contributed by atoms with Crippen LogP contribution in [0, 0.1) is 0 Å². The van der Waals surface area contributed by atoms with E-state index in [0.29, 0.717) is 19.6 Å². The predicted molar refractivity (Wildman–Crippen MR) is 69.5 cm³/mol. The van der Waals surface area contributed by atoms with Crippen LogP contribution in [0.3, 0.4) is 0 Å². The van der Waals surface area contributed by atoms with Gasteiger partial charge in [0, 0.05) is 39.3 Å². The summed E-state index contributed by atoms with van der Waals surface area (Å²) in [5.74, 6) is 0. The number of likely N-dealkylation sites (tertiary alicyclic amines) is 1. The van der Waals surface area contributed by atoms with Crippen molar-refractivity contribution < 1.29 is 14.9 Å². The number of aliphatic hydroxyl groups is 2. The second-order valence-corrected chi connectivity index (χ2v) is 5.83. The van der Waals surface area contributed by atoms with Gasteiger partial charge in [-0.1, -0.05) is 0 Å². The molecule has 0 radical (unpaired) electrons. The summed E-state index contributed by atoms with van der Waals surface area (Å²) in [5.41, 5.74) is 0. The van der Waals surface area contributed by atoms with Crippen LogP contribution >= 0.6 is 0 Å². The van der Waals surface area contributed by atoms with Crippen molar-refractivity contribution in [3.05, 3.63) is 0 Å². The first-order valence-electron chi connectivity index (χ1n) is 6.99. The van der Waals surface area contributed by atoms with Gasteiger partial charge < -0.3 is 14.9 Å². The Balaban J connectivity index is 1.71. The van der Waals surface area contributed by atoms with E-state index < -0.39 is 0 Å². The van der Waals surface area contributed by atoms with E-state index in [-0.39, 0.29) is 24.4 Å². The lowest BCUT2D eigenvalue weighted by atomic mass is 10.2. The highest BCUT2D eigenvalue weighted by Gasteiger charge is 2.26. The normalized spacial score (nSPS) is 37.0. The van der Waals surface area contributed by atoms with Gasteiger partial charge in [-0.15, -0.1) is 0 Å². The maximum absolute atomic E-state index is 10.1. The Labute approximate surface area is 109 Å². The SMILES string of the molecule is CC1CN(CC(O)CN2CCC(O)C2)CC(C)O1. The number of β-amino-alcohol motifs (C(OH)–C–C–N with tert-alkyl or cyclic N) is 2. The van der Waals surface area contributed by atoms with Crippen LogP contribution in [0.1, 0.15) is 20.3 Å². The van der Waals surface area contributed by atoms with Crippen LogP contribution in [0.4, 0.5) is 0 Å². The quantitative estimate of drug-likeness (QED) is 0.713. The average Bonchev–Trinajstić information content (AvgIpc) is 2.61. The molecule has 106 valence electrons. The predicted octanol–water partition coefficient (Wildman–Crippen LogP) is -0.477. The summed E-state index contributed by atoms with van der Waals surface area (Å²) in [6.45, 7) is 8.90. The lowest BCUT2D eigenvalue weighted by Crippen LogP contribution is -2.49. The van der Waals surface area contributed by atoms with Crippen LogP contribution < -0.4 is 0 Å². The number of hydrogen-bond donors (Lipinski definition) is 2. The van der Waals surface area contributed by atoms with E-state index >= 15 is 0 Å². The Morgan fingerprint density at radius 3 is 2.28 bits per heavy atom. The largest absolute Gasteiger partial charge is 0.392 e. The third-order valence-corrected chi connectivity index (χ3v) is 3.68.